The van der Waals surface area contributed by atoms with Crippen molar-refractivity contribution in [3.8, 4) is 0 Å². The van der Waals surface area contributed by atoms with Crippen molar-refractivity contribution in [1.29, 1.82) is 0 Å². The van der Waals surface area contributed by atoms with Crippen LogP contribution in [0.5, 0.6) is 0 Å². The molecule has 0 amide bonds. The monoisotopic (exact) mass is 245 g/mol. The van der Waals surface area contributed by atoms with Gasteiger partial charge in [0.15, 0.2) is 11.0 Å². The smallest absolute Gasteiger partial charge is 0.151 e. The van der Waals surface area contributed by atoms with Gasteiger partial charge in [0.1, 0.15) is 0 Å². The Labute approximate surface area is 96.1 Å². The summed E-state index contributed by atoms with van der Waals surface area (Å²) >= 11 is 5.67. The Balaban J connectivity index is 2.09. The van der Waals surface area contributed by atoms with Gasteiger partial charge in [-0.25, -0.2) is 0 Å². The molecular weight excluding hydrogens is 234 g/mol. The maximum absolute atomic E-state index is 11.3. The van der Waals surface area contributed by atoms with Crippen molar-refractivity contribution >= 4 is 28.2 Å². The Hall–Kier alpha value is -0.680. The fraction of sp³-hybridized carbons (Fsp3) is 0.556. The first-order chi connectivity index (χ1) is 7.25. The number of nitrogens with zero attached hydrogens (tertiary/aromatic N) is 3. The number of hydrogen-bond donors (Lipinski definition) is 0. The maximum Gasteiger partial charge on any atom is 0.151 e. The molecule has 2 rings (SSSR count). The summed E-state index contributed by atoms with van der Waals surface area (Å²) in [6.45, 7) is 1.67. The normalized spacial score (nSPS) is 22.5. The van der Waals surface area contributed by atoms with E-state index in [-0.39, 0.29) is 0 Å². The van der Waals surface area contributed by atoms with Crippen LogP contribution in [-0.2, 0) is 10.8 Å². The maximum atomic E-state index is 11.3. The highest BCUT2D eigenvalue weighted by molar-refractivity contribution is 7.85. The Bertz CT molecular complexity index is 357. The predicted molar refractivity (Wildman–Crippen MR) is 61.7 cm³/mol. The molecule has 4 nitrogen and oxygen atoms in total. The summed E-state index contributed by atoms with van der Waals surface area (Å²) in [6, 6.07) is 3.58. The van der Waals surface area contributed by atoms with E-state index in [0.29, 0.717) is 10.9 Å². The molecule has 1 aromatic heterocycles. The topological polar surface area (TPSA) is 46.1 Å². The summed E-state index contributed by atoms with van der Waals surface area (Å²) in [5, 5.41) is 8.22. The molecule has 1 fully saturated rings. The van der Waals surface area contributed by atoms with E-state index >= 15 is 0 Å². The minimum absolute atomic E-state index is 0.400. The van der Waals surface area contributed by atoms with E-state index in [1.165, 1.54) is 0 Å². The summed E-state index contributed by atoms with van der Waals surface area (Å²) < 4.78 is 11.3. The van der Waals surface area contributed by atoms with Gasteiger partial charge in [0, 0.05) is 35.4 Å². The fourth-order valence-corrected chi connectivity index (χ4v) is 2.73. The summed E-state index contributed by atoms with van der Waals surface area (Å²) in [7, 11) is -0.672. The van der Waals surface area contributed by atoms with Crippen LogP contribution in [-0.4, -0.2) is 39.0 Å². The van der Waals surface area contributed by atoms with E-state index in [2.05, 4.69) is 15.1 Å². The van der Waals surface area contributed by atoms with Crippen molar-refractivity contribution in [2.24, 2.45) is 0 Å². The van der Waals surface area contributed by atoms with E-state index in [1.807, 2.05) is 6.07 Å². The number of aromatic nitrogens is 2. The van der Waals surface area contributed by atoms with Crippen LogP contribution in [0, 0.1) is 0 Å². The van der Waals surface area contributed by atoms with Gasteiger partial charge in [0.2, 0.25) is 0 Å². The third kappa shape index (κ3) is 2.89. The van der Waals surface area contributed by atoms with Gasteiger partial charge in [-0.3, -0.25) is 4.21 Å². The molecule has 6 heteroatoms. The van der Waals surface area contributed by atoms with Gasteiger partial charge in [-0.05, 0) is 18.6 Å². The van der Waals surface area contributed by atoms with Crippen molar-refractivity contribution in [1.82, 2.24) is 10.2 Å². The van der Waals surface area contributed by atoms with E-state index < -0.39 is 10.8 Å². The second kappa shape index (κ2) is 4.90. The lowest BCUT2D eigenvalue weighted by Crippen LogP contribution is -2.27. The highest BCUT2D eigenvalue weighted by Crippen LogP contribution is 2.14. The van der Waals surface area contributed by atoms with Gasteiger partial charge >= 0.3 is 0 Å². The summed E-state index contributed by atoms with van der Waals surface area (Å²) in [5.74, 6) is 2.32. The number of hydrogen-bond acceptors (Lipinski definition) is 4. The molecule has 0 N–H and O–H groups in total. The molecule has 0 aromatic carbocycles. The van der Waals surface area contributed by atoms with Crippen LogP contribution in [0.2, 0.25) is 5.15 Å². The molecule has 1 saturated heterocycles. The van der Waals surface area contributed by atoms with Crippen molar-refractivity contribution in [2.45, 2.75) is 6.42 Å². The largest absolute Gasteiger partial charge is 0.354 e. The number of halogens is 1. The van der Waals surface area contributed by atoms with E-state index in [9.17, 15) is 4.21 Å². The zero-order valence-electron chi connectivity index (χ0n) is 8.23. The SMILES string of the molecule is O=S1CCCN(c2ccc(Cl)nn2)CC1. The Morgan fingerprint density at radius 1 is 1.27 bits per heavy atom. The molecule has 0 saturated carbocycles. The fourth-order valence-electron chi connectivity index (χ4n) is 1.55. The minimum Gasteiger partial charge on any atom is -0.354 e. The number of rotatable bonds is 1. The molecule has 2 heterocycles. The average Bonchev–Trinajstić information content (AvgIpc) is 2.44. The van der Waals surface area contributed by atoms with Crippen molar-refractivity contribution in [2.75, 3.05) is 29.5 Å². The molecule has 1 aliphatic heterocycles. The van der Waals surface area contributed by atoms with Crippen LogP contribution in [0.3, 0.4) is 0 Å². The van der Waals surface area contributed by atoms with Crippen LogP contribution in [0.1, 0.15) is 6.42 Å². The zero-order chi connectivity index (χ0) is 10.7. The second-order valence-corrected chi connectivity index (χ2v) is 5.49. The quantitative estimate of drug-likeness (QED) is 0.743. The molecule has 1 aromatic rings. The van der Waals surface area contributed by atoms with Gasteiger partial charge in [-0.1, -0.05) is 11.6 Å². The second-order valence-electron chi connectivity index (χ2n) is 3.40. The van der Waals surface area contributed by atoms with Gasteiger partial charge in [0.25, 0.3) is 0 Å². The molecule has 1 atom stereocenters. The minimum atomic E-state index is -0.672. The molecule has 1 aliphatic rings. The highest BCUT2D eigenvalue weighted by atomic mass is 35.5. The lowest BCUT2D eigenvalue weighted by molar-refractivity contribution is 0.683. The molecule has 15 heavy (non-hydrogen) atoms. The highest BCUT2D eigenvalue weighted by Gasteiger charge is 2.14. The number of anilines is 1. The third-order valence-electron chi connectivity index (χ3n) is 2.33. The van der Waals surface area contributed by atoms with E-state index in [1.54, 1.807) is 6.07 Å². The first kappa shape index (κ1) is 10.8. The molecule has 0 bridgehead atoms. The summed E-state index contributed by atoms with van der Waals surface area (Å²) in [6.07, 6.45) is 0.941. The van der Waals surface area contributed by atoms with E-state index in [0.717, 1.165) is 31.1 Å². The first-order valence-electron chi connectivity index (χ1n) is 4.85. The van der Waals surface area contributed by atoms with E-state index in [4.69, 9.17) is 11.6 Å². The zero-order valence-corrected chi connectivity index (χ0v) is 9.80. The van der Waals surface area contributed by atoms with Crippen LogP contribution in [0.15, 0.2) is 12.1 Å². The third-order valence-corrected chi connectivity index (χ3v) is 3.91. The lowest BCUT2D eigenvalue weighted by Gasteiger charge is -2.19. The lowest BCUT2D eigenvalue weighted by atomic mass is 10.4. The van der Waals surface area contributed by atoms with Gasteiger partial charge in [-0.15, -0.1) is 10.2 Å². The van der Waals surface area contributed by atoms with Crippen LogP contribution in [0.25, 0.3) is 0 Å². The first-order valence-corrected chi connectivity index (χ1v) is 6.71. The van der Waals surface area contributed by atoms with Crippen molar-refractivity contribution in [3.05, 3.63) is 17.3 Å². The molecule has 0 spiro atoms. The van der Waals surface area contributed by atoms with Crippen LogP contribution in [0.4, 0.5) is 5.82 Å². The van der Waals surface area contributed by atoms with Crippen LogP contribution < -0.4 is 4.90 Å². The molecule has 0 radical (unpaired) electrons. The van der Waals surface area contributed by atoms with Crippen molar-refractivity contribution < 1.29 is 4.21 Å². The van der Waals surface area contributed by atoms with Gasteiger partial charge in [-0.2, -0.15) is 0 Å². The van der Waals surface area contributed by atoms with Gasteiger partial charge in [0.05, 0.1) is 0 Å². The van der Waals surface area contributed by atoms with Gasteiger partial charge < -0.3 is 4.90 Å². The predicted octanol–water partition coefficient (Wildman–Crippen LogP) is 1.09. The Morgan fingerprint density at radius 2 is 2.13 bits per heavy atom. The Kier molecular flexibility index (Phi) is 3.53. The molecule has 1 unspecified atom stereocenters. The molecule has 0 aliphatic carbocycles. The molecular formula is C9H12ClN3OS. The van der Waals surface area contributed by atoms with Crippen LogP contribution >= 0.6 is 11.6 Å². The summed E-state index contributed by atoms with van der Waals surface area (Å²) in [4.78, 5) is 2.11. The average molecular weight is 246 g/mol. The molecule has 82 valence electrons. The summed E-state index contributed by atoms with van der Waals surface area (Å²) in [5.41, 5.74) is 0. The standard InChI is InChI=1S/C9H12ClN3OS/c10-8-2-3-9(12-11-8)13-4-1-6-15(14)7-5-13/h2-3H,1,4-7H2. The van der Waals surface area contributed by atoms with Crippen molar-refractivity contribution in [3.63, 3.8) is 0 Å². The Morgan fingerprint density at radius 3 is 2.87 bits per heavy atom.